The molecule has 0 radical (unpaired) electrons. The SMILES string of the molecule is C[C@H](Sc1ccc(F)c(Cl)c1)C(=O)NC1CC1. The molecule has 1 aromatic carbocycles. The maximum atomic E-state index is 13.0. The summed E-state index contributed by atoms with van der Waals surface area (Å²) < 4.78 is 13.0. The van der Waals surface area contributed by atoms with E-state index in [9.17, 15) is 9.18 Å². The van der Waals surface area contributed by atoms with Crippen molar-refractivity contribution in [3.8, 4) is 0 Å². The Morgan fingerprint density at radius 3 is 2.88 bits per heavy atom. The van der Waals surface area contributed by atoms with Crippen LogP contribution in [0.4, 0.5) is 4.39 Å². The van der Waals surface area contributed by atoms with E-state index in [2.05, 4.69) is 5.32 Å². The van der Waals surface area contributed by atoms with Gasteiger partial charge in [0.2, 0.25) is 5.91 Å². The zero-order chi connectivity index (χ0) is 12.4. The second-order valence-electron chi connectivity index (χ2n) is 4.12. The first-order valence-corrected chi connectivity index (χ1v) is 6.74. The predicted molar refractivity (Wildman–Crippen MR) is 67.9 cm³/mol. The maximum absolute atomic E-state index is 13.0. The summed E-state index contributed by atoms with van der Waals surface area (Å²) in [5, 5.41) is 2.82. The third-order valence-electron chi connectivity index (χ3n) is 2.50. The monoisotopic (exact) mass is 273 g/mol. The molecule has 0 spiro atoms. The van der Waals surface area contributed by atoms with Crippen LogP contribution in [-0.4, -0.2) is 17.2 Å². The molecule has 0 aliphatic heterocycles. The molecule has 17 heavy (non-hydrogen) atoms. The summed E-state index contributed by atoms with van der Waals surface area (Å²) in [7, 11) is 0. The van der Waals surface area contributed by atoms with E-state index in [-0.39, 0.29) is 16.2 Å². The lowest BCUT2D eigenvalue weighted by Crippen LogP contribution is -2.32. The van der Waals surface area contributed by atoms with E-state index in [1.165, 1.54) is 17.8 Å². The van der Waals surface area contributed by atoms with Crippen LogP contribution in [0.1, 0.15) is 19.8 Å². The Morgan fingerprint density at radius 2 is 2.29 bits per heavy atom. The number of carbonyl (C=O) groups excluding carboxylic acids is 1. The van der Waals surface area contributed by atoms with Gasteiger partial charge in [0.05, 0.1) is 10.3 Å². The average molecular weight is 274 g/mol. The van der Waals surface area contributed by atoms with E-state index in [0.717, 1.165) is 17.7 Å². The van der Waals surface area contributed by atoms with Crippen molar-refractivity contribution in [2.75, 3.05) is 0 Å². The van der Waals surface area contributed by atoms with Gasteiger partial charge in [-0.2, -0.15) is 0 Å². The molecule has 1 saturated carbocycles. The van der Waals surface area contributed by atoms with E-state index in [1.807, 2.05) is 6.92 Å². The van der Waals surface area contributed by atoms with Crippen LogP contribution in [0.25, 0.3) is 0 Å². The van der Waals surface area contributed by atoms with E-state index in [0.29, 0.717) is 6.04 Å². The summed E-state index contributed by atoms with van der Waals surface area (Å²) in [5.74, 6) is -0.413. The zero-order valence-corrected chi connectivity index (χ0v) is 10.9. The van der Waals surface area contributed by atoms with Crippen LogP contribution in [-0.2, 0) is 4.79 Å². The van der Waals surface area contributed by atoms with Crippen LogP contribution in [0.2, 0.25) is 5.02 Å². The number of amides is 1. The van der Waals surface area contributed by atoms with E-state index < -0.39 is 5.82 Å². The van der Waals surface area contributed by atoms with Crippen molar-refractivity contribution in [3.63, 3.8) is 0 Å². The van der Waals surface area contributed by atoms with Gasteiger partial charge < -0.3 is 5.32 Å². The lowest BCUT2D eigenvalue weighted by atomic mass is 10.3. The summed E-state index contributed by atoms with van der Waals surface area (Å²) in [5.41, 5.74) is 0. The van der Waals surface area contributed by atoms with E-state index in [4.69, 9.17) is 11.6 Å². The van der Waals surface area contributed by atoms with Crippen molar-refractivity contribution >= 4 is 29.3 Å². The first-order valence-electron chi connectivity index (χ1n) is 5.48. The van der Waals surface area contributed by atoms with E-state index in [1.54, 1.807) is 12.1 Å². The molecule has 1 aliphatic rings. The largest absolute Gasteiger partial charge is 0.352 e. The van der Waals surface area contributed by atoms with Gasteiger partial charge >= 0.3 is 0 Å². The normalized spacial score (nSPS) is 16.6. The molecule has 1 aliphatic carbocycles. The Labute approximate surface area is 109 Å². The minimum atomic E-state index is -0.439. The van der Waals surface area contributed by atoms with Crippen LogP contribution in [0.5, 0.6) is 0 Å². The van der Waals surface area contributed by atoms with Crippen molar-refractivity contribution in [3.05, 3.63) is 29.0 Å². The quantitative estimate of drug-likeness (QED) is 0.854. The molecule has 0 unspecified atom stereocenters. The number of hydrogen-bond acceptors (Lipinski definition) is 2. The molecule has 2 nitrogen and oxygen atoms in total. The second kappa shape index (κ2) is 5.27. The van der Waals surface area contributed by atoms with Gasteiger partial charge in [0.15, 0.2) is 0 Å². The summed E-state index contributed by atoms with van der Waals surface area (Å²) in [6.07, 6.45) is 2.15. The first kappa shape index (κ1) is 12.7. The van der Waals surface area contributed by atoms with Crippen LogP contribution >= 0.6 is 23.4 Å². The zero-order valence-electron chi connectivity index (χ0n) is 9.37. The van der Waals surface area contributed by atoms with Crippen molar-refractivity contribution in [2.24, 2.45) is 0 Å². The lowest BCUT2D eigenvalue weighted by molar-refractivity contribution is -0.120. The number of hydrogen-bond donors (Lipinski definition) is 1. The fourth-order valence-corrected chi connectivity index (χ4v) is 2.52. The standard InChI is InChI=1S/C12H13ClFNOS/c1-7(12(16)15-8-2-3-8)17-9-4-5-11(14)10(13)6-9/h4-8H,2-3H2,1H3,(H,15,16)/t7-/m0/s1. The predicted octanol–water partition coefficient (Wildman–Crippen LogP) is 3.24. The van der Waals surface area contributed by atoms with Crippen molar-refractivity contribution in [1.29, 1.82) is 0 Å². The van der Waals surface area contributed by atoms with Crippen LogP contribution in [0.3, 0.4) is 0 Å². The molecule has 1 aromatic rings. The molecule has 1 atom stereocenters. The highest BCUT2D eigenvalue weighted by Gasteiger charge is 2.25. The van der Waals surface area contributed by atoms with Crippen LogP contribution in [0, 0.1) is 5.82 Å². The topological polar surface area (TPSA) is 29.1 Å². The van der Waals surface area contributed by atoms with Gasteiger partial charge in [-0.15, -0.1) is 11.8 Å². The Bertz CT molecular complexity index is 437. The Hall–Kier alpha value is -0.740. The van der Waals surface area contributed by atoms with Crippen LogP contribution < -0.4 is 5.32 Å². The van der Waals surface area contributed by atoms with Gasteiger partial charge in [0.1, 0.15) is 5.82 Å². The number of rotatable bonds is 4. The molecule has 0 saturated heterocycles. The Balaban J connectivity index is 1.94. The lowest BCUT2D eigenvalue weighted by Gasteiger charge is -2.11. The molecule has 0 aromatic heterocycles. The molecule has 0 bridgehead atoms. The maximum Gasteiger partial charge on any atom is 0.233 e. The molecule has 1 N–H and O–H groups in total. The Kier molecular flexibility index (Phi) is 3.94. The number of nitrogens with one attached hydrogen (secondary N) is 1. The molecular formula is C12H13ClFNOS. The van der Waals surface area contributed by atoms with E-state index >= 15 is 0 Å². The number of halogens is 2. The third-order valence-corrected chi connectivity index (χ3v) is 3.88. The molecule has 1 amide bonds. The first-order chi connectivity index (χ1) is 8.06. The minimum absolute atomic E-state index is 0.0259. The minimum Gasteiger partial charge on any atom is -0.352 e. The highest BCUT2D eigenvalue weighted by Crippen LogP contribution is 2.28. The summed E-state index contributed by atoms with van der Waals surface area (Å²) in [6, 6.07) is 4.85. The fraction of sp³-hybridized carbons (Fsp3) is 0.417. The fourth-order valence-electron chi connectivity index (χ4n) is 1.35. The summed E-state index contributed by atoms with van der Waals surface area (Å²) >= 11 is 7.06. The number of carbonyl (C=O) groups is 1. The molecule has 92 valence electrons. The number of thioether (sulfide) groups is 1. The smallest absolute Gasteiger partial charge is 0.233 e. The summed E-state index contributed by atoms with van der Waals surface area (Å²) in [4.78, 5) is 12.5. The number of benzene rings is 1. The van der Waals surface area contributed by atoms with Gasteiger partial charge in [-0.1, -0.05) is 11.6 Å². The Morgan fingerprint density at radius 1 is 1.59 bits per heavy atom. The van der Waals surface area contributed by atoms with Gasteiger partial charge in [-0.3, -0.25) is 4.79 Å². The molecule has 1 fully saturated rings. The van der Waals surface area contributed by atoms with Gasteiger partial charge in [-0.05, 0) is 38.0 Å². The molecule has 5 heteroatoms. The van der Waals surface area contributed by atoms with Crippen molar-refractivity contribution in [1.82, 2.24) is 5.32 Å². The van der Waals surface area contributed by atoms with Gasteiger partial charge in [0, 0.05) is 10.9 Å². The van der Waals surface area contributed by atoms with Crippen molar-refractivity contribution in [2.45, 2.75) is 36.0 Å². The molecule has 0 heterocycles. The van der Waals surface area contributed by atoms with Crippen LogP contribution in [0.15, 0.2) is 23.1 Å². The molecule has 2 rings (SSSR count). The molecular weight excluding hydrogens is 261 g/mol. The van der Waals surface area contributed by atoms with Crippen molar-refractivity contribution < 1.29 is 9.18 Å². The highest BCUT2D eigenvalue weighted by atomic mass is 35.5. The van der Waals surface area contributed by atoms with Gasteiger partial charge in [0.25, 0.3) is 0 Å². The third kappa shape index (κ3) is 3.61. The average Bonchev–Trinajstić information content (AvgIpc) is 3.07. The van der Waals surface area contributed by atoms with Gasteiger partial charge in [-0.25, -0.2) is 4.39 Å². The summed E-state index contributed by atoms with van der Waals surface area (Å²) in [6.45, 7) is 1.83. The second-order valence-corrected chi connectivity index (χ2v) is 5.94. The highest BCUT2D eigenvalue weighted by molar-refractivity contribution is 8.00.